The Morgan fingerprint density at radius 3 is 2.71 bits per heavy atom. The van der Waals surface area contributed by atoms with E-state index in [4.69, 9.17) is 9.84 Å². The molecule has 3 nitrogen and oxygen atoms in total. The van der Waals surface area contributed by atoms with Crippen molar-refractivity contribution >= 4 is 22.6 Å². The summed E-state index contributed by atoms with van der Waals surface area (Å²) in [6, 6.07) is 1.21. The van der Waals surface area contributed by atoms with Gasteiger partial charge in [0, 0.05) is 5.56 Å². The van der Waals surface area contributed by atoms with E-state index < -0.39 is 6.43 Å². The van der Waals surface area contributed by atoms with Crippen molar-refractivity contribution in [2.24, 2.45) is 0 Å². The standard InChI is InChI=1S/C8H8F2INO2/c1-14-8-4(3-13)2-5(6(9)10)7(11)12-8/h2,6,13H,3H2,1H3. The molecule has 0 spiro atoms. The van der Waals surface area contributed by atoms with Crippen LogP contribution in [-0.4, -0.2) is 17.2 Å². The number of ether oxygens (including phenoxy) is 1. The number of nitrogens with zero attached hydrogens (tertiary/aromatic N) is 1. The summed E-state index contributed by atoms with van der Waals surface area (Å²) in [6.07, 6.45) is -2.59. The van der Waals surface area contributed by atoms with Gasteiger partial charge in [0.1, 0.15) is 3.70 Å². The van der Waals surface area contributed by atoms with E-state index in [1.54, 1.807) is 22.6 Å². The minimum atomic E-state index is -2.59. The highest BCUT2D eigenvalue weighted by molar-refractivity contribution is 14.1. The van der Waals surface area contributed by atoms with Crippen molar-refractivity contribution in [3.8, 4) is 5.88 Å². The molecule has 0 amide bonds. The molecule has 0 aromatic carbocycles. The van der Waals surface area contributed by atoms with Crippen molar-refractivity contribution in [3.05, 3.63) is 20.9 Å². The molecular weight excluding hydrogens is 307 g/mol. The summed E-state index contributed by atoms with van der Waals surface area (Å²) in [4.78, 5) is 3.81. The molecule has 1 aromatic rings. The molecule has 0 saturated carbocycles. The number of hydrogen-bond acceptors (Lipinski definition) is 3. The average Bonchev–Trinajstić information content (AvgIpc) is 2.16. The number of rotatable bonds is 3. The second kappa shape index (κ2) is 4.83. The lowest BCUT2D eigenvalue weighted by molar-refractivity contribution is 0.149. The first kappa shape index (κ1) is 11.6. The van der Waals surface area contributed by atoms with Gasteiger partial charge < -0.3 is 9.84 Å². The van der Waals surface area contributed by atoms with Crippen LogP contribution in [0.2, 0.25) is 0 Å². The Morgan fingerprint density at radius 2 is 2.29 bits per heavy atom. The topological polar surface area (TPSA) is 42.4 Å². The Balaban J connectivity index is 3.23. The van der Waals surface area contributed by atoms with E-state index in [1.165, 1.54) is 13.2 Å². The van der Waals surface area contributed by atoms with Crippen molar-refractivity contribution in [2.75, 3.05) is 7.11 Å². The van der Waals surface area contributed by atoms with Crippen LogP contribution in [0, 0.1) is 3.70 Å². The zero-order valence-electron chi connectivity index (χ0n) is 7.30. The summed E-state index contributed by atoms with van der Waals surface area (Å²) in [7, 11) is 1.37. The van der Waals surface area contributed by atoms with Crippen molar-refractivity contribution < 1.29 is 18.6 Å². The van der Waals surface area contributed by atoms with Gasteiger partial charge in [0.25, 0.3) is 6.43 Å². The maximum Gasteiger partial charge on any atom is 0.266 e. The van der Waals surface area contributed by atoms with Crippen molar-refractivity contribution in [2.45, 2.75) is 13.0 Å². The van der Waals surface area contributed by atoms with Crippen LogP contribution >= 0.6 is 22.6 Å². The number of hydrogen-bond donors (Lipinski definition) is 1. The van der Waals surface area contributed by atoms with Gasteiger partial charge in [-0.25, -0.2) is 13.8 Å². The van der Waals surface area contributed by atoms with Gasteiger partial charge in [0.15, 0.2) is 0 Å². The maximum atomic E-state index is 12.4. The number of halogens is 3. The van der Waals surface area contributed by atoms with Gasteiger partial charge >= 0.3 is 0 Å². The van der Waals surface area contributed by atoms with Gasteiger partial charge in [-0.3, -0.25) is 0 Å². The Bertz CT molecular complexity index is 333. The molecule has 14 heavy (non-hydrogen) atoms. The van der Waals surface area contributed by atoms with Gasteiger partial charge in [-0.15, -0.1) is 0 Å². The lowest BCUT2D eigenvalue weighted by Crippen LogP contribution is -2.01. The summed E-state index contributed by atoms with van der Waals surface area (Å²) < 4.78 is 29.8. The molecule has 0 atom stereocenters. The smallest absolute Gasteiger partial charge is 0.266 e. The van der Waals surface area contributed by atoms with Gasteiger partial charge in [-0.05, 0) is 28.7 Å². The SMILES string of the molecule is COc1nc(I)c(C(F)F)cc1CO. The lowest BCUT2D eigenvalue weighted by atomic mass is 10.2. The third kappa shape index (κ3) is 2.30. The van der Waals surface area contributed by atoms with Crippen LogP contribution < -0.4 is 4.74 Å². The third-order valence-corrected chi connectivity index (χ3v) is 2.51. The van der Waals surface area contributed by atoms with Crippen LogP contribution in [0.3, 0.4) is 0 Å². The molecule has 0 bridgehead atoms. The summed E-state index contributed by atoms with van der Waals surface area (Å²) in [5, 5.41) is 8.88. The molecular formula is C8H8F2INO2. The van der Waals surface area contributed by atoms with Crippen LogP contribution in [0.1, 0.15) is 17.6 Å². The first-order valence-corrected chi connectivity index (χ1v) is 4.80. The predicted octanol–water partition coefficient (Wildman–Crippen LogP) is 2.12. The molecule has 0 radical (unpaired) electrons. The molecule has 1 N–H and O–H groups in total. The minimum Gasteiger partial charge on any atom is -0.481 e. The normalized spacial score (nSPS) is 10.7. The molecule has 1 rings (SSSR count). The maximum absolute atomic E-state index is 12.4. The predicted molar refractivity (Wildman–Crippen MR) is 54.4 cm³/mol. The average molecular weight is 315 g/mol. The number of aliphatic hydroxyl groups is 1. The van der Waals surface area contributed by atoms with Crippen molar-refractivity contribution in [1.82, 2.24) is 4.98 Å². The molecule has 0 aliphatic rings. The van der Waals surface area contributed by atoms with Gasteiger partial charge in [-0.2, -0.15) is 0 Å². The Labute approximate surface area is 93.2 Å². The molecule has 0 aliphatic carbocycles. The Hall–Kier alpha value is -0.500. The van der Waals surface area contributed by atoms with Crippen LogP contribution in [0.5, 0.6) is 5.88 Å². The molecule has 6 heteroatoms. The van der Waals surface area contributed by atoms with Crippen LogP contribution in [0.4, 0.5) is 8.78 Å². The Morgan fingerprint density at radius 1 is 1.64 bits per heavy atom. The highest BCUT2D eigenvalue weighted by Crippen LogP contribution is 2.28. The zero-order valence-corrected chi connectivity index (χ0v) is 9.46. The fraction of sp³-hybridized carbons (Fsp3) is 0.375. The molecule has 0 aliphatic heterocycles. The summed E-state index contributed by atoms with van der Waals surface area (Å²) in [5.41, 5.74) is 0.0821. The molecule has 78 valence electrons. The van der Waals surface area contributed by atoms with Gasteiger partial charge in [-0.1, -0.05) is 0 Å². The van der Waals surface area contributed by atoms with E-state index in [9.17, 15) is 8.78 Å². The zero-order chi connectivity index (χ0) is 10.7. The number of aromatic nitrogens is 1. The van der Waals surface area contributed by atoms with E-state index in [0.29, 0.717) is 0 Å². The first-order chi connectivity index (χ1) is 6.60. The van der Waals surface area contributed by atoms with E-state index in [0.717, 1.165) is 0 Å². The van der Waals surface area contributed by atoms with Crippen molar-refractivity contribution in [3.63, 3.8) is 0 Å². The van der Waals surface area contributed by atoms with Gasteiger partial charge in [0.2, 0.25) is 5.88 Å². The summed E-state index contributed by atoms with van der Waals surface area (Å²) >= 11 is 1.70. The fourth-order valence-corrected chi connectivity index (χ4v) is 1.59. The Kier molecular flexibility index (Phi) is 3.99. The number of methoxy groups -OCH3 is 1. The number of pyridine rings is 1. The van der Waals surface area contributed by atoms with Crippen LogP contribution in [0.25, 0.3) is 0 Å². The van der Waals surface area contributed by atoms with Crippen molar-refractivity contribution in [1.29, 1.82) is 0 Å². The van der Waals surface area contributed by atoms with E-state index >= 15 is 0 Å². The minimum absolute atomic E-state index is 0.182. The quantitative estimate of drug-likeness (QED) is 0.686. The van der Waals surface area contributed by atoms with E-state index in [1.807, 2.05) is 0 Å². The highest BCUT2D eigenvalue weighted by atomic mass is 127. The van der Waals surface area contributed by atoms with Gasteiger partial charge in [0.05, 0.1) is 19.3 Å². The molecule has 0 fully saturated rings. The molecule has 1 aromatic heterocycles. The lowest BCUT2D eigenvalue weighted by Gasteiger charge is -2.09. The second-order valence-electron chi connectivity index (χ2n) is 2.50. The third-order valence-electron chi connectivity index (χ3n) is 1.64. The van der Waals surface area contributed by atoms with E-state index in [-0.39, 0.29) is 27.3 Å². The summed E-state index contributed by atoms with van der Waals surface area (Å²) in [5.74, 6) is 0.182. The molecule has 0 unspecified atom stereocenters. The number of alkyl halides is 2. The van der Waals surface area contributed by atoms with E-state index in [2.05, 4.69) is 4.98 Å². The highest BCUT2D eigenvalue weighted by Gasteiger charge is 2.16. The largest absolute Gasteiger partial charge is 0.481 e. The molecule has 0 saturated heterocycles. The van der Waals surface area contributed by atoms with Crippen LogP contribution in [0.15, 0.2) is 6.07 Å². The first-order valence-electron chi connectivity index (χ1n) is 3.72. The second-order valence-corrected chi connectivity index (χ2v) is 3.52. The fourth-order valence-electron chi connectivity index (χ4n) is 0.978. The summed E-state index contributed by atoms with van der Waals surface area (Å²) in [6.45, 7) is -0.368. The van der Waals surface area contributed by atoms with Crippen LogP contribution in [-0.2, 0) is 6.61 Å². The number of aliphatic hydroxyl groups excluding tert-OH is 1. The monoisotopic (exact) mass is 315 g/mol. The molecule has 1 heterocycles.